The first-order valence-electron chi connectivity index (χ1n) is 7.24. The molecule has 1 atom stereocenters. The first-order valence-corrected chi connectivity index (χ1v) is 9.44. The molecule has 0 aromatic carbocycles. The Morgan fingerprint density at radius 3 is 2.59 bits per heavy atom. The third-order valence-corrected chi connectivity index (χ3v) is 6.36. The first-order chi connectivity index (χ1) is 10.5. The number of rotatable bonds is 2. The molecule has 1 aromatic rings. The van der Waals surface area contributed by atoms with Crippen LogP contribution in [0.1, 0.15) is 12.1 Å². The fourth-order valence-corrected chi connectivity index (χ4v) is 4.98. The summed E-state index contributed by atoms with van der Waals surface area (Å²) in [4.78, 5) is 8.64. The van der Waals surface area contributed by atoms with Crippen molar-refractivity contribution in [1.82, 2.24) is 9.88 Å². The predicted octanol–water partition coefficient (Wildman–Crippen LogP) is 0.916. The van der Waals surface area contributed by atoms with Crippen molar-refractivity contribution >= 4 is 27.3 Å². The Kier molecular flexibility index (Phi) is 4.26. The summed E-state index contributed by atoms with van der Waals surface area (Å²) in [6, 6.07) is 5.65. The second-order valence-corrected chi connectivity index (χ2v) is 8.33. The molecule has 6 nitrogen and oxygen atoms in total. The minimum atomic E-state index is -2.84. The highest BCUT2D eigenvalue weighted by Gasteiger charge is 2.33. The van der Waals surface area contributed by atoms with Gasteiger partial charge in [0.2, 0.25) is 0 Å². The van der Waals surface area contributed by atoms with Gasteiger partial charge in [-0.25, -0.2) is 13.4 Å². The summed E-state index contributed by atoms with van der Waals surface area (Å²) < 4.78 is 23.2. The minimum Gasteiger partial charge on any atom is -0.354 e. The van der Waals surface area contributed by atoms with E-state index in [2.05, 4.69) is 14.8 Å². The molecular weight excluding hydrogens is 324 g/mol. The number of sulfone groups is 1. The molecule has 0 N–H and O–H groups in total. The van der Waals surface area contributed by atoms with Gasteiger partial charge in [0.15, 0.2) is 15.5 Å². The van der Waals surface area contributed by atoms with Crippen LogP contribution in [0.3, 0.4) is 0 Å². The Balaban J connectivity index is 1.64. The zero-order valence-electron chi connectivity index (χ0n) is 12.1. The van der Waals surface area contributed by atoms with E-state index in [-0.39, 0.29) is 17.5 Å². The number of hydrogen-bond donors (Lipinski definition) is 0. The zero-order chi connectivity index (χ0) is 15.7. The lowest BCUT2D eigenvalue weighted by atomic mass is 10.2. The van der Waals surface area contributed by atoms with Crippen molar-refractivity contribution in [2.45, 2.75) is 12.5 Å². The monoisotopic (exact) mass is 340 g/mol. The molecule has 3 rings (SSSR count). The third-order valence-electron chi connectivity index (χ3n) is 4.30. The fraction of sp³-hybridized carbons (Fsp3) is 0.571. The molecular formula is C14H17ClN4O2S. The molecule has 0 amide bonds. The molecule has 1 unspecified atom stereocenters. The maximum atomic E-state index is 11.6. The van der Waals surface area contributed by atoms with E-state index in [1.54, 1.807) is 6.07 Å². The van der Waals surface area contributed by atoms with Gasteiger partial charge in [-0.1, -0.05) is 11.6 Å². The summed E-state index contributed by atoms with van der Waals surface area (Å²) in [6.07, 6.45) is 0.736. The van der Waals surface area contributed by atoms with Crippen LogP contribution < -0.4 is 4.90 Å². The largest absolute Gasteiger partial charge is 0.354 e. The first kappa shape index (κ1) is 15.5. The number of nitrogens with zero attached hydrogens (tertiary/aromatic N) is 4. The van der Waals surface area contributed by atoms with E-state index in [9.17, 15) is 8.42 Å². The normalized spacial score (nSPS) is 25.1. The number of pyridine rings is 1. The van der Waals surface area contributed by atoms with Crippen molar-refractivity contribution in [1.29, 1.82) is 5.26 Å². The van der Waals surface area contributed by atoms with E-state index in [1.807, 2.05) is 12.1 Å². The molecule has 2 saturated heterocycles. The van der Waals surface area contributed by atoms with E-state index in [0.29, 0.717) is 10.8 Å². The molecule has 0 radical (unpaired) electrons. The van der Waals surface area contributed by atoms with E-state index in [4.69, 9.17) is 16.9 Å². The van der Waals surface area contributed by atoms with Crippen LogP contribution in [0.5, 0.6) is 0 Å². The van der Waals surface area contributed by atoms with Crippen molar-refractivity contribution in [3.8, 4) is 6.07 Å². The molecule has 1 aromatic heterocycles. The summed E-state index contributed by atoms with van der Waals surface area (Å²) >= 11 is 5.90. The van der Waals surface area contributed by atoms with E-state index in [1.165, 1.54) is 0 Å². The third kappa shape index (κ3) is 3.19. The number of hydrogen-bond acceptors (Lipinski definition) is 6. The van der Waals surface area contributed by atoms with Gasteiger partial charge in [-0.3, -0.25) is 4.90 Å². The van der Waals surface area contributed by atoms with Crippen LogP contribution in [-0.4, -0.2) is 62.0 Å². The second kappa shape index (κ2) is 6.03. The lowest BCUT2D eigenvalue weighted by Crippen LogP contribution is -2.51. The van der Waals surface area contributed by atoms with Gasteiger partial charge in [0.05, 0.1) is 16.5 Å². The molecule has 0 saturated carbocycles. The van der Waals surface area contributed by atoms with Crippen LogP contribution >= 0.6 is 11.6 Å². The minimum absolute atomic E-state index is 0.153. The number of aromatic nitrogens is 1. The van der Waals surface area contributed by atoms with Crippen molar-refractivity contribution in [3.63, 3.8) is 0 Å². The Hall–Kier alpha value is -1.36. The Labute approximate surface area is 135 Å². The van der Waals surface area contributed by atoms with Crippen LogP contribution in [0.25, 0.3) is 0 Å². The maximum Gasteiger partial charge on any atom is 0.161 e. The molecule has 0 aliphatic carbocycles. The quantitative estimate of drug-likeness (QED) is 0.796. The second-order valence-electron chi connectivity index (χ2n) is 5.69. The van der Waals surface area contributed by atoms with Crippen molar-refractivity contribution in [2.24, 2.45) is 0 Å². The molecule has 3 heterocycles. The highest BCUT2D eigenvalue weighted by Crippen LogP contribution is 2.23. The smallest absolute Gasteiger partial charge is 0.161 e. The summed E-state index contributed by atoms with van der Waals surface area (Å²) in [5.41, 5.74) is 0.239. The zero-order valence-corrected chi connectivity index (χ0v) is 13.6. The molecule has 0 bridgehead atoms. The molecule has 2 fully saturated rings. The Bertz CT molecular complexity index is 708. The molecule has 22 heavy (non-hydrogen) atoms. The highest BCUT2D eigenvalue weighted by molar-refractivity contribution is 7.91. The molecule has 2 aliphatic rings. The number of anilines is 1. The van der Waals surface area contributed by atoms with Gasteiger partial charge in [-0.15, -0.1) is 0 Å². The van der Waals surface area contributed by atoms with Crippen molar-refractivity contribution in [2.75, 3.05) is 42.6 Å². The van der Waals surface area contributed by atoms with Gasteiger partial charge in [0, 0.05) is 32.2 Å². The van der Waals surface area contributed by atoms with E-state index >= 15 is 0 Å². The standard InChI is InChI=1S/C14H17ClN4O2S/c15-12-1-2-14(17-13(12)9-16)19-6-4-18(5-7-19)11-3-8-22(20,21)10-11/h1-2,11H,3-8,10H2. The number of halogens is 1. The lowest BCUT2D eigenvalue weighted by molar-refractivity contribution is 0.200. The van der Waals surface area contributed by atoms with Crippen LogP contribution in [0.15, 0.2) is 12.1 Å². The molecule has 0 spiro atoms. The number of nitriles is 1. The molecule has 118 valence electrons. The summed E-state index contributed by atoms with van der Waals surface area (Å²) in [7, 11) is -2.84. The summed E-state index contributed by atoms with van der Waals surface area (Å²) in [5.74, 6) is 1.34. The van der Waals surface area contributed by atoms with Crippen LogP contribution in [0, 0.1) is 11.3 Å². The van der Waals surface area contributed by atoms with Crippen molar-refractivity contribution in [3.05, 3.63) is 22.8 Å². The van der Waals surface area contributed by atoms with Gasteiger partial charge < -0.3 is 4.90 Å². The van der Waals surface area contributed by atoms with Gasteiger partial charge in [0.1, 0.15) is 11.9 Å². The fourth-order valence-electron chi connectivity index (χ4n) is 3.07. The van der Waals surface area contributed by atoms with Gasteiger partial charge in [-0.2, -0.15) is 5.26 Å². The van der Waals surface area contributed by atoms with Crippen LogP contribution in [0.4, 0.5) is 5.82 Å². The topological polar surface area (TPSA) is 77.3 Å². The van der Waals surface area contributed by atoms with Gasteiger partial charge >= 0.3 is 0 Å². The Morgan fingerprint density at radius 1 is 1.27 bits per heavy atom. The average Bonchev–Trinajstić information content (AvgIpc) is 2.88. The summed E-state index contributed by atoms with van der Waals surface area (Å²) in [6.45, 7) is 3.17. The van der Waals surface area contributed by atoms with Gasteiger partial charge in [-0.05, 0) is 18.6 Å². The SMILES string of the molecule is N#Cc1nc(N2CCN(C3CCS(=O)(=O)C3)CC2)ccc1Cl. The van der Waals surface area contributed by atoms with Crippen LogP contribution in [-0.2, 0) is 9.84 Å². The highest BCUT2D eigenvalue weighted by atomic mass is 35.5. The summed E-state index contributed by atoms with van der Waals surface area (Å²) in [5, 5.41) is 9.36. The Morgan fingerprint density at radius 2 is 2.00 bits per heavy atom. The molecule has 8 heteroatoms. The average molecular weight is 341 g/mol. The van der Waals surface area contributed by atoms with E-state index in [0.717, 1.165) is 38.4 Å². The van der Waals surface area contributed by atoms with E-state index < -0.39 is 9.84 Å². The van der Waals surface area contributed by atoms with Crippen molar-refractivity contribution < 1.29 is 8.42 Å². The van der Waals surface area contributed by atoms with Crippen LogP contribution in [0.2, 0.25) is 5.02 Å². The number of piperazine rings is 1. The lowest BCUT2D eigenvalue weighted by Gasteiger charge is -2.38. The maximum absolute atomic E-state index is 11.6. The molecule has 2 aliphatic heterocycles. The predicted molar refractivity (Wildman–Crippen MR) is 84.8 cm³/mol. The van der Waals surface area contributed by atoms with Gasteiger partial charge in [0.25, 0.3) is 0 Å².